The predicted octanol–water partition coefficient (Wildman–Crippen LogP) is 13.8. The molecule has 0 amide bonds. The Morgan fingerprint density at radius 3 is 1.41 bits per heavy atom. The number of hydrogen-bond donors (Lipinski definition) is 4. The Kier molecular flexibility index (Phi) is 12.2. The summed E-state index contributed by atoms with van der Waals surface area (Å²) in [5.74, 6) is -2.52. The van der Waals surface area contributed by atoms with Crippen molar-refractivity contribution in [1.29, 1.82) is 0 Å². The predicted molar refractivity (Wildman–Crippen MR) is 269 cm³/mol. The van der Waals surface area contributed by atoms with E-state index < -0.39 is 51.9 Å². The highest BCUT2D eigenvalue weighted by Crippen LogP contribution is 2.73. The number of piperidine rings is 2. The van der Waals surface area contributed by atoms with Gasteiger partial charge in [-0.25, -0.2) is 28.4 Å². The quantitative estimate of drug-likeness (QED) is 0.0889. The molecule has 386 valence electrons. The van der Waals surface area contributed by atoms with Crippen molar-refractivity contribution in [2.24, 2.45) is 10.8 Å². The van der Waals surface area contributed by atoms with Crippen LogP contribution in [0.15, 0.2) is 121 Å². The third kappa shape index (κ3) is 8.63. The largest absolute Gasteiger partial charge is 0.480 e. The van der Waals surface area contributed by atoms with E-state index in [1.165, 1.54) is 0 Å². The second-order valence-corrected chi connectivity index (χ2v) is 20.5. The monoisotopic (exact) mass is 1040 g/mol. The van der Waals surface area contributed by atoms with Gasteiger partial charge in [-0.3, -0.25) is 9.69 Å². The van der Waals surface area contributed by atoms with E-state index in [0.29, 0.717) is 55.4 Å². The number of hydrogen-bond acceptors (Lipinski definition) is 5. The Balaban J connectivity index is 0.000000163. The number of carboxylic acids is 1. The lowest BCUT2D eigenvalue weighted by atomic mass is 9.79. The van der Waals surface area contributed by atoms with E-state index in [1.807, 2.05) is 83.8 Å². The standard InChI is InChI=1S/C30H24F4N4O2.C28H22F4N4/c1-35-21-4-2-3-19(13-21)18-5-7-20(8-6-18)29(17-28(29)9-11-38(12-10-28)16-26(39)40)27-36-24-14-22(30(32,33)34)23(31)15-25(24)37-27;1-33-20-4-2-3-18(13-20)17-5-7-19(8-6-17)27(16-26(27)9-11-34-12-10-26)25-35-23-14-21(28(30,31)32)22(29)15-24(23)36-25/h2-8,13-15H,9-12,16-17H2,(H,36,37)(H,39,40);2-8,13-15,34H,9-12,16H2,(H,35,36). The van der Waals surface area contributed by atoms with Crippen molar-refractivity contribution < 1.29 is 45.0 Å². The van der Waals surface area contributed by atoms with Gasteiger partial charge in [0.15, 0.2) is 11.4 Å². The number of benzene rings is 6. The fourth-order valence-corrected chi connectivity index (χ4v) is 12.4. The zero-order chi connectivity index (χ0) is 53.4. The molecule has 0 radical (unpaired) electrons. The summed E-state index contributed by atoms with van der Waals surface area (Å²) in [6.45, 7) is 17.4. The zero-order valence-electron chi connectivity index (χ0n) is 40.4. The fraction of sp³-hybridized carbons (Fsp3) is 0.293. The number of likely N-dealkylation sites (tertiary alicyclic amines) is 1. The first-order valence-corrected chi connectivity index (χ1v) is 24.7. The first kappa shape index (κ1) is 50.2. The maximum absolute atomic E-state index is 14.4. The lowest BCUT2D eigenvalue weighted by Gasteiger charge is -2.34. The van der Waals surface area contributed by atoms with Gasteiger partial charge in [0.2, 0.25) is 0 Å². The maximum atomic E-state index is 14.4. The Bertz CT molecular complexity index is 3650. The van der Waals surface area contributed by atoms with Crippen molar-refractivity contribution in [3.63, 3.8) is 0 Å². The average Bonchev–Trinajstić information content (AvgIpc) is 4.27. The molecule has 4 heterocycles. The second kappa shape index (κ2) is 18.4. The molecule has 2 aliphatic heterocycles. The maximum Gasteiger partial charge on any atom is 0.419 e. The van der Waals surface area contributed by atoms with Crippen LogP contribution in [0, 0.1) is 35.6 Å². The van der Waals surface area contributed by atoms with E-state index in [1.54, 1.807) is 18.2 Å². The van der Waals surface area contributed by atoms with Crippen LogP contribution in [0.5, 0.6) is 0 Å². The number of aromatic nitrogens is 4. The molecule has 12 rings (SSSR count). The summed E-state index contributed by atoms with van der Waals surface area (Å²) in [5, 5.41) is 12.6. The number of imidazole rings is 2. The molecule has 10 nitrogen and oxygen atoms in total. The van der Waals surface area contributed by atoms with E-state index in [0.717, 1.165) is 90.0 Å². The minimum atomic E-state index is -4.83. The first-order valence-electron chi connectivity index (χ1n) is 24.7. The highest BCUT2D eigenvalue weighted by atomic mass is 19.4. The number of aliphatic carboxylic acids is 1. The van der Waals surface area contributed by atoms with E-state index >= 15 is 0 Å². The van der Waals surface area contributed by atoms with Crippen LogP contribution in [0.2, 0.25) is 0 Å². The third-order valence-corrected chi connectivity index (χ3v) is 16.4. The van der Waals surface area contributed by atoms with E-state index in [2.05, 4.69) is 34.9 Å². The summed E-state index contributed by atoms with van der Waals surface area (Å²) in [6, 6.07) is 34.0. The Morgan fingerprint density at radius 2 is 1.01 bits per heavy atom. The molecule has 8 aromatic rings. The summed E-state index contributed by atoms with van der Waals surface area (Å²) < 4.78 is 109. The van der Waals surface area contributed by atoms with Gasteiger partial charge in [-0.1, -0.05) is 84.9 Å². The summed E-state index contributed by atoms with van der Waals surface area (Å²) in [6.07, 6.45) is -4.90. The molecule has 4 N–H and O–H groups in total. The van der Waals surface area contributed by atoms with Gasteiger partial charge in [-0.15, -0.1) is 0 Å². The molecule has 2 saturated heterocycles. The summed E-state index contributed by atoms with van der Waals surface area (Å²) in [5.41, 5.74) is 3.28. The number of alkyl halides is 6. The number of carboxylic acid groups (broad SMARTS) is 1. The van der Waals surface area contributed by atoms with Crippen molar-refractivity contribution in [3.05, 3.63) is 190 Å². The molecule has 0 bridgehead atoms. The molecular weight excluding hydrogens is 993 g/mol. The van der Waals surface area contributed by atoms with Crippen LogP contribution in [0.25, 0.3) is 54.0 Å². The Morgan fingerprint density at radius 1 is 0.592 bits per heavy atom. The van der Waals surface area contributed by atoms with Crippen LogP contribution in [0.4, 0.5) is 46.5 Å². The molecular formula is C58H46F8N8O2. The number of rotatable bonds is 8. The molecule has 6 aromatic carbocycles. The number of aromatic amines is 2. The first-order chi connectivity index (χ1) is 36.3. The van der Waals surface area contributed by atoms with Crippen LogP contribution in [0.1, 0.15) is 72.4 Å². The number of halogens is 8. The highest BCUT2D eigenvalue weighted by molar-refractivity contribution is 5.79. The Hall–Kier alpha value is -7.93. The molecule has 4 fully saturated rings. The fourth-order valence-electron chi connectivity index (χ4n) is 12.4. The van der Waals surface area contributed by atoms with Gasteiger partial charge in [0.1, 0.15) is 23.3 Å². The molecule has 2 unspecified atom stereocenters. The molecule has 4 aliphatic rings. The van der Waals surface area contributed by atoms with Crippen LogP contribution >= 0.6 is 0 Å². The van der Waals surface area contributed by atoms with Crippen LogP contribution < -0.4 is 5.32 Å². The summed E-state index contributed by atoms with van der Waals surface area (Å²) >= 11 is 0. The number of fused-ring (bicyclic) bond motifs is 2. The highest BCUT2D eigenvalue weighted by Gasteiger charge is 2.71. The molecule has 18 heteroatoms. The molecule has 2 aliphatic carbocycles. The average molecular weight is 1040 g/mol. The zero-order valence-corrected chi connectivity index (χ0v) is 40.4. The van der Waals surface area contributed by atoms with Gasteiger partial charge in [0, 0.05) is 12.1 Å². The lowest BCUT2D eigenvalue weighted by Crippen LogP contribution is -2.40. The summed E-state index contributed by atoms with van der Waals surface area (Å²) in [7, 11) is 0. The van der Waals surface area contributed by atoms with Crippen LogP contribution in [-0.4, -0.2) is 68.6 Å². The normalized spacial score (nSPS) is 20.7. The minimum Gasteiger partial charge on any atom is -0.480 e. The summed E-state index contributed by atoms with van der Waals surface area (Å²) in [4.78, 5) is 35.6. The SMILES string of the molecule is [C-]#[N+]c1cccc(-c2ccc(C3(c4nc5cc(F)c(C(F)(F)F)cc5[nH]4)CC34CCN(CC(=O)O)CC4)cc2)c1.[C-]#[N+]c1cccc(-c2ccc(C3(c4nc5cc(F)c(C(F)(F)F)cc5[nH]4)CC34CCNCC4)cc2)c1. The van der Waals surface area contributed by atoms with Crippen molar-refractivity contribution in [2.45, 2.75) is 61.7 Å². The van der Waals surface area contributed by atoms with Crippen LogP contribution in [-0.2, 0) is 28.0 Å². The van der Waals surface area contributed by atoms with Crippen molar-refractivity contribution in [2.75, 3.05) is 32.7 Å². The molecule has 76 heavy (non-hydrogen) atoms. The number of H-pyrrole nitrogens is 2. The van der Waals surface area contributed by atoms with Crippen molar-refractivity contribution >= 4 is 39.4 Å². The third-order valence-electron chi connectivity index (χ3n) is 16.4. The molecule has 2 aromatic heterocycles. The van der Waals surface area contributed by atoms with Gasteiger partial charge < -0.3 is 20.4 Å². The number of nitrogens with zero attached hydrogens (tertiary/aromatic N) is 5. The van der Waals surface area contributed by atoms with Gasteiger partial charge >= 0.3 is 18.3 Å². The van der Waals surface area contributed by atoms with Crippen molar-refractivity contribution in [3.8, 4) is 22.3 Å². The van der Waals surface area contributed by atoms with E-state index in [9.17, 15) is 45.0 Å². The Labute approximate surface area is 430 Å². The number of nitrogens with one attached hydrogen (secondary N) is 3. The van der Waals surface area contributed by atoms with Gasteiger partial charge in [0.25, 0.3) is 0 Å². The molecule has 2 spiro atoms. The van der Waals surface area contributed by atoms with E-state index in [4.69, 9.17) is 13.1 Å². The smallest absolute Gasteiger partial charge is 0.419 e. The lowest BCUT2D eigenvalue weighted by molar-refractivity contribution is -0.140. The number of carbonyl (C=O) groups is 1. The van der Waals surface area contributed by atoms with Gasteiger partial charge in [-0.05, 0) is 133 Å². The van der Waals surface area contributed by atoms with E-state index in [-0.39, 0.29) is 39.4 Å². The van der Waals surface area contributed by atoms with Gasteiger partial charge in [-0.2, -0.15) is 26.3 Å². The topological polar surface area (TPSA) is 119 Å². The molecule has 2 saturated carbocycles. The minimum absolute atomic E-state index is 0.0500. The van der Waals surface area contributed by atoms with Gasteiger partial charge in [0.05, 0.1) is 63.7 Å². The van der Waals surface area contributed by atoms with Crippen LogP contribution in [0.3, 0.4) is 0 Å². The molecule has 2 atom stereocenters. The second-order valence-electron chi connectivity index (χ2n) is 20.5. The van der Waals surface area contributed by atoms with Crippen molar-refractivity contribution in [1.82, 2.24) is 30.2 Å².